The van der Waals surface area contributed by atoms with Crippen molar-refractivity contribution in [3.8, 4) is 11.5 Å². The molecule has 3 aromatic rings. The molecule has 0 amide bonds. The first-order valence-electron chi connectivity index (χ1n) is 17.6. The number of benzene rings is 1. The number of hydrogen-bond acceptors (Lipinski definition) is 12. The number of carboxylic acids is 2. The van der Waals surface area contributed by atoms with Gasteiger partial charge in [0.15, 0.2) is 0 Å². The molecule has 0 spiro atoms. The Kier molecular flexibility index (Phi) is 17.3. The number of hydrogen-bond donors (Lipinski definition) is 2. The van der Waals surface area contributed by atoms with Crippen LogP contribution in [0.2, 0.25) is 0 Å². The normalized spacial score (nSPS) is 11.9. The van der Waals surface area contributed by atoms with Gasteiger partial charge in [-0.2, -0.15) is 0 Å². The second-order valence-electron chi connectivity index (χ2n) is 13.9. The van der Waals surface area contributed by atoms with Crippen LogP contribution in [0.25, 0.3) is 0 Å². The molecule has 0 radical (unpaired) electrons. The number of carbonyl (C=O) groups is 4. The molecular formula is C38H50BN4O10P. The summed E-state index contributed by atoms with van der Waals surface area (Å²) in [6, 6.07) is 14.4. The Morgan fingerprint density at radius 3 is 1.91 bits per heavy atom. The van der Waals surface area contributed by atoms with Crippen LogP contribution in [-0.2, 0) is 61.2 Å². The van der Waals surface area contributed by atoms with Gasteiger partial charge >= 0.3 is 236 Å². The molecule has 1 atom stereocenters. The quantitative estimate of drug-likeness (QED) is 0.0801. The average Bonchev–Trinajstić information content (AvgIpc) is 3.10. The van der Waals surface area contributed by atoms with Crippen LogP contribution in [0.15, 0.2) is 48.5 Å². The Bertz CT molecular complexity index is 1750. The zero-order valence-corrected chi connectivity index (χ0v) is 32.8. The van der Waals surface area contributed by atoms with Crippen molar-refractivity contribution in [1.29, 1.82) is 0 Å². The van der Waals surface area contributed by atoms with Crippen LogP contribution in [0, 0.1) is 0 Å². The molecule has 2 aromatic heterocycles. The Morgan fingerprint density at radius 2 is 1.37 bits per heavy atom. The van der Waals surface area contributed by atoms with E-state index in [1.54, 1.807) is 58.8 Å². The van der Waals surface area contributed by atoms with E-state index < -0.39 is 31.3 Å². The molecule has 0 aliphatic carbocycles. The minimum atomic E-state index is -1.23. The number of methoxy groups -OCH3 is 1. The summed E-state index contributed by atoms with van der Waals surface area (Å²) in [6.45, 7) is 10.5. The molecule has 290 valence electrons. The van der Waals surface area contributed by atoms with E-state index in [1.165, 1.54) is 6.92 Å². The van der Waals surface area contributed by atoms with Crippen molar-refractivity contribution in [1.82, 2.24) is 19.8 Å². The molecule has 1 unspecified atom stereocenters. The van der Waals surface area contributed by atoms with Gasteiger partial charge in [-0.25, -0.2) is 0 Å². The molecule has 0 aliphatic heterocycles. The number of Topliss-reactive ketones (excluding diaryl/α,β-unsaturated/α-hetero) is 1. The van der Waals surface area contributed by atoms with Crippen LogP contribution in [0.4, 0.5) is 0 Å². The van der Waals surface area contributed by atoms with Crippen molar-refractivity contribution in [2.75, 3.05) is 40.0 Å². The molecule has 1 aromatic carbocycles. The van der Waals surface area contributed by atoms with Crippen molar-refractivity contribution in [2.45, 2.75) is 78.7 Å². The molecule has 2 N–H and O–H groups in total. The third-order valence-corrected chi connectivity index (χ3v) is 9.46. The van der Waals surface area contributed by atoms with Crippen molar-refractivity contribution in [2.24, 2.45) is 0 Å². The Morgan fingerprint density at radius 1 is 0.815 bits per heavy atom. The predicted octanol–water partition coefficient (Wildman–Crippen LogP) is 4.04. The smallest absolute Gasteiger partial charge is 0.0196 e. The SMILES string of the molecule is COc1ccc(COc2ccc(CCC(=O)O)nc2CN(CCN(CC(=O)OC(C)(C)C)Cc2nc(CCC(=O)O)ccc2P(C)B=O)CC(C)=O)cc1. The molecule has 0 aliphatic rings. The predicted molar refractivity (Wildman–Crippen MR) is 204 cm³/mol. The van der Waals surface area contributed by atoms with Crippen LogP contribution < -0.4 is 14.8 Å². The summed E-state index contributed by atoms with van der Waals surface area (Å²) < 4.78 is 29.0. The van der Waals surface area contributed by atoms with Crippen LogP contribution in [0.3, 0.4) is 0 Å². The number of esters is 1. The molecule has 0 fully saturated rings. The monoisotopic (exact) mass is 764 g/mol. The third kappa shape index (κ3) is 15.8. The number of pyridine rings is 2. The third-order valence-electron chi connectivity index (χ3n) is 7.98. The van der Waals surface area contributed by atoms with E-state index in [0.717, 1.165) is 17.7 Å². The van der Waals surface area contributed by atoms with Crippen molar-refractivity contribution < 1.29 is 48.3 Å². The van der Waals surface area contributed by atoms with Crippen LogP contribution in [0.1, 0.15) is 68.9 Å². The van der Waals surface area contributed by atoms with E-state index in [2.05, 4.69) is 0 Å². The molecule has 3 rings (SSSR count). The standard InChI is InChI=1S/C38H50BN4O10P/c1-26(44)21-42(22-31-33(15-9-28(40-31)11-17-35(45)46)52-25-27-7-13-30(51-5)14-8-27)19-20-43(24-37(49)53-38(2,3)4)23-32-34(54(6)39-50)16-10-29(41-32)12-18-36(47)48/h7-10,13-16H,11-12,17-25H2,1-6H3,(H,45,46)(H,47,48). The maximum Gasteiger partial charge on any atom is -0.0196 e. The maximum absolute atomic E-state index is 13.2. The Labute approximate surface area is 318 Å². The first-order chi connectivity index (χ1) is 25.5. The number of aliphatic carboxylic acids is 2. The number of ketones is 1. The number of ether oxygens (including phenoxy) is 3. The average molecular weight is 765 g/mol. The second kappa shape index (κ2) is 21.3. The number of nitrogens with zero attached hydrogens (tertiary/aromatic N) is 4. The zero-order valence-electron chi connectivity index (χ0n) is 31.9. The van der Waals surface area contributed by atoms with Crippen LogP contribution >= 0.6 is 7.80 Å². The van der Waals surface area contributed by atoms with Gasteiger partial charge in [0.2, 0.25) is 0 Å². The summed E-state index contributed by atoms with van der Waals surface area (Å²) >= 11 is 0. The number of aromatic nitrogens is 2. The van der Waals surface area contributed by atoms with Crippen molar-refractivity contribution in [3.05, 3.63) is 76.9 Å². The summed E-state index contributed by atoms with van der Waals surface area (Å²) in [5.41, 5.74) is 2.34. The van der Waals surface area contributed by atoms with Gasteiger partial charge in [-0.3, -0.25) is 4.79 Å². The first-order valence-corrected chi connectivity index (χ1v) is 19.4. The Hall–Kier alpha value is -4.59. The van der Waals surface area contributed by atoms with Crippen molar-refractivity contribution >= 4 is 43.7 Å². The van der Waals surface area contributed by atoms with Gasteiger partial charge in [-0.1, -0.05) is 12.1 Å². The van der Waals surface area contributed by atoms with E-state index in [9.17, 15) is 34.1 Å². The number of rotatable bonds is 23. The molecule has 16 heteroatoms. The second-order valence-corrected chi connectivity index (χ2v) is 15.8. The van der Waals surface area contributed by atoms with Gasteiger partial charge in [0.1, 0.15) is 12.4 Å². The van der Waals surface area contributed by atoms with E-state index in [4.69, 9.17) is 24.2 Å². The number of aryl methyl sites for hydroxylation is 2. The van der Waals surface area contributed by atoms with Gasteiger partial charge < -0.3 is 9.84 Å². The van der Waals surface area contributed by atoms with Gasteiger partial charge in [-0.05, 0) is 23.8 Å². The largest absolute Gasteiger partial charge is 0.0519 e. The van der Waals surface area contributed by atoms with Gasteiger partial charge in [-0.15, -0.1) is 0 Å². The van der Waals surface area contributed by atoms with E-state index in [0.29, 0.717) is 40.8 Å². The molecule has 0 saturated carbocycles. The fraction of sp³-hybridized carbons (Fsp3) is 0.474. The first kappa shape index (κ1) is 43.8. The van der Waals surface area contributed by atoms with Crippen LogP contribution in [0.5, 0.6) is 11.5 Å². The minimum absolute atomic E-state index is 0.0544. The molecule has 0 saturated heterocycles. The summed E-state index contributed by atoms with van der Waals surface area (Å²) in [6.07, 6.45) is 0.191. The summed E-state index contributed by atoms with van der Waals surface area (Å²) in [7, 11) is 0.359. The summed E-state index contributed by atoms with van der Waals surface area (Å²) in [5.74, 6) is -1.30. The maximum atomic E-state index is 13.2. The van der Waals surface area contributed by atoms with Gasteiger partial charge in [0.05, 0.1) is 13.5 Å². The Balaban J connectivity index is 1.94. The molecule has 14 nitrogen and oxygen atoms in total. The van der Waals surface area contributed by atoms with Crippen molar-refractivity contribution in [3.63, 3.8) is 0 Å². The number of carboxylic acid groups (broad SMARTS) is 2. The molecule has 0 bridgehead atoms. The van der Waals surface area contributed by atoms with E-state index in [-0.39, 0.29) is 70.8 Å². The fourth-order valence-corrected chi connectivity index (χ4v) is 6.40. The zero-order chi connectivity index (χ0) is 39.8. The number of carbonyl (C=O) groups excluding carboxylic acids is 2. The van der Waals surface area contributed by atoms with E-state index >= 15 is 0 Å². The van der Waals surface area contributed by atoms with Crippen LogP contribution in [-0.4, -0.2) is 106 Å². The molecule has 54 heavy (non-hydrogen) atoms. The molecular weight excluding hydrogens is 714 g/mol. The molecule has 2 heterocycles. The summed E-state index contributed by atoms with van der Waals surface area (Å²) in [5, 5.41) is 19.2. The van der Waals surface area contributed by atoms with Gasteiger partial charge in [0.25, 0.3) is 0 Å². The topological polar surface area (TPSA) is 186 Å². The van der Waals surface area contributed by atoms with Gasteiger partial charge in [0, 0.05) is 6.42 Å². The van der Waals surface area contributed by atoms with E-state index in [1.807, 2.05) is 34.1 Å². The summed E-state index contributed by atoms with van der Waals surface area (Å²) in [4.78, 5) is 61.5. The minimum Gasteiger partial charge on any atom is -0.0519 e. The fourth-order valence-electron chi connectivity index (χ4n) is 5.45.